The van der Waals surface area contributed by atoms with Crippen molar-refractivity contribution in [2.24, 2.45) is 0 Å². The summed E-state index contributed by atoms with van der Waals surface area (Å²) < 4.78 is 7.69. The number of carbonyl (C=O) groups excluding carboxylic acids is 1. The first-order valence-electron chi connectivity index (χ1n) is 5.62. The number of amides is 1. The number of ether oxygens (including phenoxy) is 1. The molecule has 1 amide bonds. The van der Waals surface area contributed by atoms with E-state index in [1.165, 1.54) is 7.11 Å². The van der Waals surface area contributed by atoms with Crippen molar-refractivity contribution in [2.45, 2.75) is 0 Å². The van der Waals surface area contributed by atoms with Crippen molar-refractivity contribution in [1.82, 2.24) is 0 Å². The van der Waals surface area contributed by atoms with Crippen molar-refractivity contribution in [3.8, 4) is 5.75 Å². The lowest BCUT2D eigenvalue weighted by Gasteiger charge is -2.12. The molecule has 2 rings (SSSR count). The summed E-state index contributed by atoms with van der Waals surface area (Å²) in [5.41, 5.74) is 1.15. The number of benzene rings is 2. The SMILES string of the molecule is COc1cc(Br)ccc1C(=O)Nc1c(Br)cccc1Br. The van der Waals surface area contributed by atoms with Gasteiger partial charge in [0.2, 0.25) is 0 Å². The van der Waals surface area contributed by atoms with Crippen LogP contribution in [0.3, 0.4) is 0 Å². The fourth-order valence-electron chi connectivity index (χ4n) is 1.65. The molecule has 0 saturated heterocycles. The van der Waals surface area contributed by atoms with Gasteiger partial charge in [-0.2, -0.15) is 0 Å². The van der Waals surface area contributed by atoms with Crippen LogP contribution >= 0.6 is 47.8 Å². The lowest BCUT2D eigenvalue weighted by Crippen LogP contribution is -2.14. The predicted molar refractivity (Wildman–Crippen MR) is 90.5 cm³/mol. The lowest BCUT2D eigenvalue weighted by molar-refractivity contribution is 0.102. The molecule has 3 nitrogen and oxygen atoms in total. The minimum Gasteiger partial charge on any atom is -0.496 e. The number of anilines is 1. The summed E-state index contributed by atoms with van der Waals surface area (Å²) in [5.74, 6) is 0.280. The predicted octanol–water partition coefficient (Wildman–Crippen LogP) is 5.24. The van der Waals surface area contributed by atoms with E-state index in [2.05, 4.69) is 53.1 Å². The molecule has 0 radical (unpaired) electrons. The number of methoxy groups -OCH3 is 1. The van der Waals surface area contributed by atoms with Gasteiger partial charge in [-0.15, -0.1) is 0 Å². The number of hydrogen-bond donors (Lipinski definition) is 1. The first-order chi connectivity index (χ1) is 9.52. The summed E-state index contributed by atoms with van der Waals surface area (Å²) in [7, 11) is 1.53. The van der Waals surface area contributed by atoms with E-state index >= 15 is 0 Å². The number of carbonyl (C=O) groups is 1. The summed E-state index contributed by atoms with van der Waals surface area (Å²) in [4.78, 5) is 12.4. The lowest BCUT2D eigenvalue weighted by atomic mass is 10.2. The van der Waals surface area contributed by atoms with Crippen molar-refractivity contribution in [3.63, 3.8) is 0 Å². The van der Waals surface area contributed by atoms with E-state index in [1.54, 1.807) is 18.2 Å². The molecule has 104 valence electrons. The zero-order valence-electron chi connectivity index (χ0n) is 10.4. The molecule has 0 aliphatic carbocycles. The van der Waals surface area contributed by atoms with Crippen LogP contribution in [0.2, 0.25) is 0 Å². The molecule has 1 N–H and O–H groups in total. The number of para-hydroxylation sites is 1. The van der Waals surface area contributed by atoms with Gasteiger partial charge in [0.05, 0.1) is 18.4 Å². The average molecular weight is 464 g/mol. The quantitative estimate of drug-likeness (QED) is 0.676. The third-order valence-electron chi connectivity index (χ3n) is 2.61. The standard InChI is InChI=1S/C14H10Br3NO2/c1-20-12-7-8(15)5-6-9(12)14(19)18-13-10(16)3-2-4-11(13)17/h2-7H,1H3,(H,18,19). The molecular weight excluding hydrogens is 454 g/mol. The van der Waals surface area contributed by atoms with Crippen LogP contribution in [0.15, 0.2) is 49.8 Å². The highest BCUT2D eigenvalue weighted by molar-refractivity contribution is 9.11. The zero-order chi connectivity index (χ0) is 14.7. The van der Waals surface area contributed by atoms with Crippen LogP contribution in [-0.4, -0.2) is 13.0 Å². The van der Waals surface area contributed by atoms with Gasteiger partial charge in [-0.1, -0.05) is 22.0 Å². The van der Waals surface area contributed by atoms with Crippen LogP contribution in [0, 0.1) is 0 Å². The Morgan fingerprint density at radius 1 is 1.10 bits per heavy atom. The monoisotopic (exact) mass is 461 g/mol. The second kappa shape index (κ2) is 6.74. The van der Waals surface area contributed by atoms with Crippen LogP contribution in [0.4, 0.5) is 5.69 Å². The Labute approximate surface area is 142 Å². The molecule has 2 aromatic rings. The van der Waals surface area contributed by atoms with Gasteiger partial charge < -0.3 is 10.1 Å². The minimum atomic E-state index is -0.234. The van der Waals surface area contributed by atoms with Gasteiger partial charge in [-0.25, -0.2) is 0 Å². The fourth-order valence-corrected chi connectivity index (χ4v) is 3.19. The van der Waals surface area contributed by atoms with Gasteiger partial charge in [0.15, 0.2) is 0 Å². The summed E-state index contributed by atoms with van der Waals surface area (Å²) >= 11 is 10.2. The molecule has 0 aliphatic rings. The van der Waals surface area contributed by atoms with Crippen molar-refractivity contribution in [1.29, 1.82) is 0 Å². The van der Waals surface area contributed by atoms with Crippen LogP contribution in [-0.2, 0) is 0 Å². The molecular formula is C14H10Br3NO2. The maximum absolute atomic E-state index is 12.4. The van der Waals surface area contributed by atoms with Gasteiger partial charge in [-0.05, 0) is 62.2 Å². The van der Waals surface area contributed by atoms with Crippen LogP contribution in [0.5, 0.6) is 5.75 Å². The van der Waals surface area contributed by atoms with E-state index in [4.69, 9.17) is 4.74 Å². The topological polar surface area (TPSA) is 38.3 Å². The van der Waals surface area contributed by atoms with Gasteiger partial charge in [0.1, 0.15) is 5.75 Å². The van der Waals surface area contributed by atoms with E-state index in [0.717, 1.165) is 13.4 Å². The maximum Gasteiger partial charge on any atom is 0.259 e. The molecule has 0 saturated carbocycles. The molecule has 0 aromatic heterocycles. The Kier molecular flexibility index (Phi) is 5.23. The van der Waals surface area contributed by atoms with E-state index < -0.39 is 0 Å². The molecule has 0 spiro atoms. The number of nitrogens with one attached hydrogen (secondary N) is 1. The summed E-state index contributed by atoms with van der Waals surface area (Å²) in [6, 6.07) is 10.9. The number of halogens is 3. The van der Waals surface area contributed by atoms with Crippen molar-refractivity contribution in [3.05, 3.63) is 55.4 Å². The first kappa shape index (κ1) is 15.5. The summed E-state index contributed by atoms with van der Waals surface area (Å²) in [6.07, 6.45) is 0. The highest BCUT2D eigenvalue weighted by Crippen LogP contribution is 2.32. The van der Waals surface area contributed by atoms with Crippen LogP contribution < -0.4 is 10.1 Å². The Balaban J connectivity index is 2.33. The molecule has 6 heteroatoms. The van der Waals surface area contributed by atoms with Crippen LogP contribution in [0.1, 0.15) is 10.4 Å². The van der Waals surface area contributed by atoms with E-state index in [9.17, 15) is 4.79 Å². The van der Waals surface area contributed by atoms with E-state index in [0.29, 0.717) is 17.0 Å². The third kappa shape index (κ3) is 3.42. The largest absolute Gasteiger partial charge is 0.496 e. The Hall–Kier alpha value is -0.850. The molecule has 0 unspecified atom stereocenters. The highest BCUT2D eigenvalue weighted by atomic mass is 79.9. The van der Waals surface area contributed by atoms with E-state index in [1.807, 2.05) is 18.2 Å². The third-order valence-corrected chi connectivity index (χ3v) is 4.42. The summed E-state index contributed by atoms with van der Waals surface area (Å²) in [5, 5.41) is 2.86. The molecule has 20 heavy (non-hydrogen) atoms. The number of hydrogen-bond acceptors (Lipinski definition) is 2. The molecule has 0 atom stereocenters. The van der Waals surface area contributed by atoms with Gasteiger partial charge in [-0.3, -0.25) is 4.79 Å². The van der Waals surface area contributed by atoms with E-state index in [-0.39, 0.29) is 5.91 Å². The number of rotatable bonds is 3. The molecule has 0 aliphatic heterocycles. The zero-order valence-corrected chi connectivity index (χ0v) is 15.2. The normalized spacial score (nSPS) is 10.2. The molecule has 0 fully saturated rings. The molecule has 2 aromatic carbocycles. The van der Waals surface area contributed by atoms with Crippen LogP contribution in [0.25, 0.3) is 0 Å². The minimum absolute atomic E-state index is 0.234. The second-order valence-corrected chi connectivity index (χ2v) is 6.52. The Morgan fingerprint density at radius 3 is 2.35 bits per heavy atom. The smallest absolute Gasteiger partial charge is 0.259 e. The summed E-state index contributed by atoms with van der Waals surface area (Å²) in [6.45, 7) is 0. The Morgan fingerprint density at radius 2 is 1.75 bits per heavy atom. The second-order valence-electron chi connectivity index (χ2n) is 3.90. The van der Waals surface area contributed by atoms with Crippen molar-refractivity contribution < 1.29 is 9.53 Å². The van der Waals surface area contributed by atoms with Crippen molar-refractivity contribution in [2.75, 3.05) is 12.4 Å². The maximum atomic E-state index is 12.4. The van der Waals surface area contributed by atoms with Gasteiger partial charge >= 0.3 is 0 Å². The van der Waals surface area contributed by atoms with Gasteiger partial charge in [0.25, 0.3) is 5.91 Å². The average Bonchev–Trinajstić information content (AvgIpc) is 2.42. The Bertz CT molecular complexity index is 639. The fraction of sp³-hybridized carbons (Fsp3) is 0.0714. The highest BCUT2D eigenvalue weighted by Gasteiger charge is 2.15. The first-order valence-corrected chi connectivity index (χ1v) is 7.99. The van der Waals surface area contributed by atoms with Gasteiger partial charge in [0, 0.05) is 13.4 Å². The molecule has 0 bridgehead atoms. The molecule has 0 heterocycles. The van der Waals surface area contributed by atoms with Crippen molar-refractivity contribution >= 4 is 59.4 Å².